The number of nitrogens with two attached hydrogens (primary N) is 2. The molecule has 18 nitrogen and oxygen atoms in total. The van der Waals surface area contributed by atoms with Crippen LogP contribution in [0.2, 0.25) is 0 Å². The zero-order valence-electron chi connectivity index (χ0n) is 39.8. The number of hydrogen-bond donors (Lipinski definition) is 6. The fraction of sp³-hybridized carbons (Fsp3) is 0.320. The van der Waals surface area contributed by atoms with E-state index in [1.807, 2.05) is 36.8 Å². The fourth-order valence-electron chi connectivity index (χ4n) is 6.75. The van der Waals surface area contributed by atoms with E-state index in [1.54, 1.807) is 102 Å². The van der Waals surface area contributed by atoms with E-state index in [-0.39, 0.29) is 35.1 Å². The third kappa shape index (κ3) is 18.1. The van der Waals surface area contributed by atoms with Crippen LogP contribution in [0.1, 0.15) is 35.1 Å². The Morgan fingerprint density at radius 3 is 1.40 bits per heavy atom. The lowest BCUT2D eigenvalue weighted by Crippen LogP contribution is -2.49. The van der Waals surface area contributed by atoms with Gasteiger partial charge in [0, 0.05) is 12.8 Å². The van der Waals surface area contributed by atoms with Gasteiger partial charge in [0.15, 0.2) is 0 Å². The summed E-state index contributed by atoms with van der Waals surface area (Å²) in [6.07, 6.45) is 7.48. The molecule has 8 N–H and O–H groups in total. The molecule has 2 fully saturated rings. The molecule has 382 valence electrons. The normalized spacial score (nSPS) is 16.2. The smallest absolute Gasteiger partial charge is 0.328 e. The van der Waals surface area contributed by atoms with Gasteiger partial charge in [-0.2, -0.15) is 23.5 Å². The molecule has 4 aromatic carbocycles. The Kier molecular flexibility index (Phi) is 22.5. The SMILES string of the molecule is COC(=O)C(Cc1ccc(Oc2ccc(C=C3SC(=O)NC3=O)cc2)cc1)NC(=O)C(N)CCSC.COC(=O)C(Cc1ccc(Oc2ccc(CC3SC(=O)NC3=O)cc2)cc1)NC(=O)C(N)CCSC. The topological polar surface area (TPSA) is 274 Å². The minimum Gasteiger partial charge on any atom is -0.467 e. The number of thioether (sulfide) groups is 4. The van der Waals surface area contributed by atoms with Gasteiger partial charge < -0.3 is 41.0 Å². The van der Waals surface area contributed by atoms with Crippen LogP contribution in [0.4, 0.5) is 9.59 Å². The number of ether oxygens (including phenoxy) is 4. The molecule has 6 rings (SSSR count). The molecule has 5 atom stereocenters. The van der Waals surface area contributed by atoms with E-state index >= 15 is 0 Å². The molecule has 22 heteroatoms. The second-order valence-electron chi connectivity index (χ2n) is 16.0. The summed E-state index contributed by atoms with van der Waals surface area (Å²) >= 11 is 5.06. The Bertz CT molecular complexity index is 2570. The van der Waals surface area contributed by atoms with Gasteiger partial charge in [-0.1, -0.05) is 60.3 Å². The predicted octanol–water partition coefficient (Wildman–Crippen LogP) is 5.74. The molecule has 0 bridgehead atoms. The molecule has 5 unspecified atom stereocenters. The Balaban J connectivity index is 0.000000267. The van der Waals surface area contributed by atoms with Gasteiger partial charge in [-0.15, -0.1) is 0 Å². The van der Waals surface area contributed by atoms with E-state index in [9.17, 15) is 38.4 Å². The predicted molar refractivity (Wildman–Crippen MR) is 281 cm³/mol. The van der Waals surface area contributed by atoms with Crippen LogP contribution in [0.5, 0.6) is 23.0 Å². The average molecular weight is 1060 g/mol. The number of amides is 6. The Labute approximate surface area is 434 Å². The van der Waals surface area contributed by atoms with Crippen LogP contribution < -0.4 is 42.2 Å². The van der Waals surface area contributed by atoms with Crippen molar-refractivity contribution >= 4 is 99.2 Å². The highest BCUT2D eigenvalue weighted by atomic mass is 32.2. The van der Waals surface area contributed by atoms with Gasteiger partial charge >= 0.3 is 11.9 Å². The van der Waals surface area contributed by atoms with Crippen molar-refractivity contribution in [2.75, 3.05) is 38.2 Å². The van der Waals surface area contributed by atoms with Crippen molar-refractivity contribution in [3.05, 3.63) is 124 Å². The lowest BCUT2D eigenvalue weighted by molar-refractivity contribution is -0.145. The molecule has 0 spiro atoms. The van der Waals surface area contributed by atoms with Crippen LogP contribution in [0.15, 0.2) is 102 Å². The number of carbonyl (C=O) groups excluding carboxylic acids is 8. The Morgan fingerprint density at radius 1 is 0.625 bits per heavy atom. The highest BCUT2D eigenvalue weighted by molar-refractivity contribution is 8.18. The molecule has 6 amide bonds. The maximum atomic E-state index is 12.4. The van der Waals surface area contributed by atoms with E-state index in [2.05, 4.69) is 21.3 Å². The zero-order chi connectivity index (χ0) is 52.2. The number of methoxy groups -OCH3 is 2. The zero-order valence-corrected chi connectivity index (χ0v) is 43.1. The Morgan fingerprint density at radius 2 is 1.04 bits per heavy atom. The maximum absolute atomic E-state index is 12.4. The highest BCUT2D eigenvalue weighted by Crippen LogP contribution is 2.29. The Hall–Kier alpha value is -6.30. The van der Waals surface area contributed by atoms with E-state index < -0.39 is 53.2 Å². The second-order valence-corrected chi connectivity index (χ2v) is 20.2. The van der Waals surface area contributed by atoms with Crippen molar-refractivity contribution in [1.29, 1.82) is 0 Å². The lowest BCUT2D eigenvalue weighted by Gasteiger charge is -2.19. The number of esters is 2. The van der Waals surface area contributed by atoms with Crippen LogP contribution in [0, 0.1) is 0 Å². The number of rotatable bonds is 23. The van der Waals surface area contributed by atoms with E-state index in [1.165, 1.54) is 14.2 Å². The molecule has 2 aliphatic heterocycles. The largest absolute Gasteiger partial charge is 0.467 e. The third-order valence-corrected chi connectivity index (χ3v) is 13.8. The molecular formula is C50H56N6O12S4. The van der Waals surface area contributed by atoms with E-state index in [0.717, 1.165) is 57.3 Å². The summed E-state index contributed by atoms with van der Waals surface area (Å²) in [7, 11) is 2.55. The summed E-state index contributed by atoms with van der Waals surface area (Å²) in [6, 6.07) is 25.6. The molecule has 2 saturated heterocycles. The van der Waals surface area contributed by atoms with E-state index in [0.29, 0.717) is 47.2 Å². The van der Waals surface area contributed by atoms with Crippen molar-refractivity contribution < 1.29 is 57.3 Å². The third-order valence-electron chi connectivity index (χ3n) is 10.7. The molecule has 0 radical (unpaired) electrons. The fourth-order valence-corrected chi connectivity index (χ4v) is 9.27. The van der Waals surface area contributed by atoms with Crippen LogP contribution in [-0.2, 0) is 57.5 Å². The summed E-state index contributed by atoms with van der Waals surface area (Å²) in [5, 5.41) is 8.77. The van der Waals surface area contributed by atoms with Gasteiger partial charge in [-0.05, 0) is 132 Å². The van der Waals surface area contributed by atoms with Gasteiger partial charge in [-0.25, -0.2) is 9.59 Å². The molecule has 0 aliphatic carbocycles. The molecule has 4 aromatic rings. The van der Waals surface area contributed by atoms with Crippen LogP contribution >= 0.6 is 47.0 Å². The first-order valence-electron chi connectivity index (χ1n) is 22.3. The molecular weight excluding hydrogens is 1000 g/mol. The first-order chi connectivity index (χ1) is 34.6. The number of hydrogen-bond acceptors (Lipinski definition) is 18. The summed E-state index contributed by atoms with van der Waals surface area (Å²) in [5.74, 6) is 1.34. The standard InChI is InChI=1S/C25H29N3O6S2.C25H27N3O6S2/c2*1-33-24(31)20(27-22(29)19(26)11-12-35-2)13-15-3-7-17(8-4-15)34-18-9-5-16(6-10-18)14-21-23(30)28-25(32)36-21/h3-10,19-21H,11-14,26H2,1-2H3,(H,27,29)(H,28,30,32);3-10,14,19-20H,11-13,26H2,1-2H3,(H,27,29)(H,28,30,32). The number of carbonyl (C=O) groups is 8. The average Bonchev–Trinajstić information content (AvgIpc) is 3.88. The second kappa shape index (κ2) is 28.7. The summed E-state index contributed by atoms with van der Waals surface area (Å²) in [6.45, 7) is 0. The van der Waals surface area contributed by atoms with Gasteiger partial charge in [-0.3, -0.25) is 39.4 Å². The van der Waals surface area contributed by atoms with Crippen LogP contribution in [0.25, 0.3) is 6.08 Å². The number of benzene rings is 4. The van der Waals surface area contributed by atoms with E-state index in [4.69, 9.17) is 30.4 Å². The monoisotopic (exact) mass is 1060 g/mol. The minimum atomic E-state index is -0.855. The van der Waals surface area contributed by atoms with Gasteiger partial charge in [0.05, 0.1) is 36.5 Å². The van der Waals surface area contributed by atoms with Crippen LogP contribution in [-0.4, -0.2) is 114 Å². The maximum Gasteiger partial charge on any atom is 0.328 e. The molecule has 2 aliphatic rings. The van der Waals surface area contributed by atoms with Crippen LogP contribution in [0.3, 0.4) is 0 Å². The molecule has 0 saturated carbocycles. The van der Waals surface area contributed by atoms with Crippen molar-refractivity contribution in [2.45, 2.75) is 61.5 Å². The highest BCUT2D eigenvalue weighted by Gasteiger charge is 2.32. The summed E-state index contributed by atoms with van der Waals surface area (Å²) in [4.78, 5) is 95.5. The first-order valence-corrected chi connectivity index (χ1v) is 26.8. The quantitative estimate of drug-likeness (QED) is 0.0382. The van der Waals surface area contributed by atoms with Crippen molar-refractivity contribution in [1.82, 2.24) is 21.3 Å². The van der Waals surface area contributed by atoms with Crippen molar-refractivity contribution in [3.8, 4) is 23.0 Å². The molecule has 72 heavy (non-hydrogen) atoms. The van der Waals surface area contributed by atoms with Crippen molar-refractivity contribution in [2.24, 2.45) is 11.5 Å². The summed E-state index contributed by atoms with van der Waals surface area (Å²) in [5.41, 5.74) is 15.1. The minimum absolute atomic E-state index is 0.241. The number of nitrogens with one attached hydrogen (secondary N) is 4. The molecule has 2 heterocycles. The number of imide groups is 2. The lowest BCUT2D eigenvalue weighted by atomic mass is 10.0. The molecule has 0 aromatic heterocycles. The summed E-state index contributed by atoms with van der Waals surface area (Å²) < 4.78 is 21.4. The first kappa shape index (κ1) is 56.6. The van der Waals surface area contributed by atoms with Crippen molar-refractivity contribution in [3.63, 3.8) is 0 Å². The van der Waals surface area contributed by atoms with Gasteiger partial charge in [0.2, 0.25) is 17.7 Å². The van der Waals surface area contributed by atoms with Gasteiger partial charge in [0.1, 0.15) is 35.1 Å². The van der Waals surface area contributed by atoms with Gasteiger partial charge in [0.25, 0.3) is 16.4 Å².